The second-order valence-corrected chi connectivity index (χ2v) is 4.60. The molecule has 1 unspecified atom stereocenters. The molecule has 0 radical (unpaired) electrons. The topological polar surface area (TPSA) is 61.8 Å². The van der Waals surface area contributed by atoms with E-state index in [2.05, 4.69) is 5.32 Å². The van der Waals surface area contributed by atoms with Gasteiger partial charge in [-0.3, -0.25) is 0 Å². The summed E-state index contributed by atoms with van der Waals surface area (Å²) in [4.78, 5) is 13.8. The average Bonchev–Trinajstić information content (AvgIpc) is 2.41. The zero-order valence-electron chi connectivity index (χ0n) is 11.1. The average molecular weight is 264 g/mol. The van der Waals surface area contributed by atoms with E-state index >= 15 is 0 Å². The predicted octanol–water partition coefficient (Wildman–Crippen LogP) is 2.07. The van der Waals surface area contributed by atoms with E-state index in [1.807, 2.05) is 31.2 Å². The molecule has 2 rings (SSSR count). The van der Waals surface area contributed by atoms with Gasteiger partial charge in [0.1, 0.15) is 5.75 Å². The molecule has 0 aliphatic carbocycles. The van der Waals surface area contributed by atoms with Crippen molar-refractivity contribution in [2.75, 3.05) is 25.0 Å². The molecule has 2 N–H and O–H groups in total. The fraction of sp³-hybridized carbons (Fsp3) is 0.500. The molecule has 104 valence electrons. The maximum Gasteiger partial charge on any atom is 0.322 e. The molecule has 1 heterocycles. The lowest BCUT2D eigenvalue weighted by atomic mass is 10.1. The normalized spacial score (nSPS) is 19.1. The number of nitrogens with zero attached hydrogens (tertiary/aromatic N) is 1. The number of piperidine rings is 1. The van der Waals surface area contributed by atoms with Crippen LogP contribution in [0.1, 0.15) is 19.8 Å². The van der Waals surface area contributed by atoms with Crippen LogP contribution in [0.25, 0.3) is 0 Å². The van der Waals surface area contributed by atoms with Crippen LogP contribution >= 0.6 is 0 Å². The maximum atomic E-state index is 12.1. The summed E-state index contributed by atoms with van der Waals surface area (Å²) < 4.78 is 5.46. The summed E-state index contributed by atoms with van der Waals surface area (Å²) in [6.45, 7) is 3.53. The highest BCUT2D eigenvalue weighted by Gasteiger charge is 2.22. The lowest BCUT2D eigenvalue weighted by Gasteiger charge is -2.30. The minimum atomic E-state index is -0.415. The first-order chi connectivity index (χ1) is 9.20. The van der Waals surface area contributed by atoms with Gasteiger partial charge in [-0.25, -0.2) is 4.79 Å². The number of carbonyl (C=O) groups is 1. The van der Waals surface area contributed by atoms with Crippen molar-refractivity contribution < 1.29 is 14.6 Å². The monoisotopic (exact) mass is 264 g/mol. The van der Waals surface area contributed by atoms with Crippen LogP contribution in [0.4, 0.5) is 10.5 Å². The highest BCUT2D eigenvalue weighted by molar-refractivity contribution is 5.91. The quantitative estimate of drug-likeness (QED) is 0.878. The Bertz CT molecular complexity index is 436. The van der Waals surface area contributed by atoms with Crippen molar-refractivity contribution in [1.29, 1.82) is 0 Å². The van der Waals surface area contributed by atoms with Gasteiger partial charge in [0.25, 0.3) is 0 Å². The van der Waals surface area contributed by atoms with E-state index in [0.29, 0.717) is 31.1 Å². The third-order valence-corrected chi connectivity index (χ3v) is 3.11. The molecule has 19 heavy (non-hydrogen) atoms. The van der Waals surface area contributed by atoms with Gasteiger partial charge in [0.2, 0.25) is 0 Å². The molecule has 1 aliphatic heterocycles. The molecule has 0 spiro atoms. The molecular formula is C14H20N2O3. The zero-order chi connectivity index (χ0) is 13.7. The van der Waals surface area contributed by atoms with E-state index in [1.165, 1.54) is 0 Å². The van der Waals surface area contributed by atoms with E-state index in [1.54, 1.807) is 4.90 Å². The van der Waals surface area contributed by atoms with Crippen molar-refractivity contribution >= 4 is 11.7 Å². The number of rotatable bonds is 3. The number of likely N-dealkylation sites (tertiary alicyclic amines) is 1. The van der Waals surface area contributed by atoms with E-state index in [-0.39, 0.29) is 6.03 Å². The lowest BCUT2D eigenvalue weighted by molar-refractivity contribution is 0.0883. The van der Waals surface area contributed by atoms with Crippen LogP contribution in [0, 0.1) is 0 Å². The Hall–Kier alpha value is -1.75. The number of urea groups is 1. The predicted molar refractivity (Wildman–Crippen MR) is 73.4 cm³/mol. The Balaban J connectivity index is 2.02. The van der Waals surface area contributed by atoms with Gasteiger partial charge in [-0.1, -0.05) is 12.1 Å². The number of hydrogen-bond donors (Lipinski definition) is 2. The summed E-state index contributed by atoms with van der Waals surface area (Å²) in [6, 6.07) is 7.16. The van der Waals surface area contributed by atoms with Crippen molar-refractivity contribution in [1.82, 2.24) is 4.90 Å². The number of aliphatic hydroxyl groups excluding tert-OH is 1. The summed E-state index contributed by atoms with van der Waals surface area (Å²) in [5, 5.41) is 12.4. The molecule has 1 fully saturated rings. The lowest BCUT2D eigenvalue weighted by Crippen LogP contribution is -2.44. The van der Waals surface area contributed by atoms with Gasteiger partial charge in [0.05, 0.1) is 18.4 Å². The summed E-state index contributed by atoms with van der Waals surface area (Å²) in [6.07, 6.45) is 1.18. The Labute approximate surface area is 113 Å². The summed E-state index contributed by atoms with van der Waals surface area (Å²) in [5.74, 6) is 0.663. The van der Waals surface area contributed by atoms with Crippen LogP contribution in [-0.2, 0) is 0 Å². The van der Waals surface area contributed by atoms with Crippen molar-refractivity contribution in [3.05, 3.63) is 24.3 Å². The number of β-amino-alcohol motifs (C(OH)–C–C–N with tert-alkyl or cyclic N) is 1. The number of amides is 2. The van der Waals surface area contributed by atoms with Crippen molar-refractivity contribution in [2.24, 2.45) is 0 Å². The number of anilines is 1. The maximum absolute atomic E-state index is 12.1. The van der Waals surface area contributed by atoms with Gasteiger partial charge in [-0.15, -0.1) is 0 Å². The Morgan fingerprint density at radius 3 is 3.05 bits per heavy atom. The molecule has 0 bridgehead atoms. The molecule has 2 amide bonds. The standard InChI is InChI=1S/C14H20N2O3/c1-2-19-13-8-4-3-7-12(13)15-14(18)16-9-5-6-11(17)10-16/h3-4,7-8,11,17H,2,5-6,9-10H2,1H3,(H,15,18). The molecule has 1 aliphatic rings. The van der Waals surface area contributed by atoms with Gasteiger partial charge in [0.15, 0.2) is 0 Å². The molecular weight excluding hydrogens is 244 g/mol. The molecule has 5 nitrogen and oxygen atoms in total. The van der Waals surface area contributed by atoms with Gasteiger partial charge >= 0.3 is 6.03 Å². The van der Waals surface area contributed by atoms with Crippen LogP contribution in [-0.4, -0.2) is 41.8 Å². The van der Waals surface area contributed by atoms with E-state index in [4.69, 9.17) is 4.74 Å². The van der Waals surface area contributed by atoms with E-state index < -0.39 is 6.10 Å². The Morgan fingerprint density at radius 2 is 2.32 bits per heavy atom. The van der Waals surface area contributed by atoms with Crippen LogP contribution in [0.2, 0.25) is 0 Å². The number of nitrogens with one attached hydrogen (secondary N) is 1. The number of hydrogen-bond acceptors (Lipinski definition) is 3. The van der Waals surface area contributed by atoms with E-state index in [9.17, 15) is 9.90 Å². The number of aliphatic hydroxyl groups is 1. The van der Waals surface area contributed by atoms with Crippen molar-refractivity contribution in [3.63, 3.8) is 0 Å². The smallest absolute Gasteiger partial charge is 0.322 e. The molecule has 1 aromatic rings. The fourth-order valence-electron chi connectivity index (χ4n) is 2.18. The molecule has 1 aromatic carbocycles. The Kier molecular flexibility index (Phi) is 4.63. The largest absolute Gasteiger partial charge is 0.492 e. The van der Waals surface area contributed by atoms with Crippen molar-refractivity contribution in [2.45, 2.75) is 25.9 Å². The van der Waals surface area contributed by atoms with Crippen LogP contribution in [0.3, 0.4) is 0 Å². The second-order valence-electron chi connectivity index (χ2n) is 4.60. The summed E-state index contributed by atoms with van der Waals surface area (Å²) in [7, 11) is 0. The molecule has 0 saturated carbocycles. The van der Waals surface area contributed by atoms with Crippen LogP contribution < -0.4 is 10.1 Å². The Morgan fingerprint density at radius 1 is 1.53 bits per heavy atom. The zero-order valence-corrected chi connectivity index (χ0v) is 11.1. The molecule has 5 heteroatoms. The SMILES string of the molecule is CCOc1ccccc1NC(=O)N1CCCC(O)C1. The third kappa shape index (κ3) is 3.61. The van der Waals surface area contributed by atoms with Gasteiger partial charge in [-0.2, -0.15) is 0 Å². The highest BCUT2D eigenvalue weighted by Crippen LogP contribution is 2.24. The minimum absolute atomic E-state index is 0.189. The van der Waals surface area contributed by atoms with Gasteiger partial charge in [0, 0.05) is 13.1 Å². The van der Waals surface area contributed by atoms with Crippen LogP contribution in [0.5, 0.6) is 5.75 Å². The first-order valence-corrected chi connectivity index (χ1v) is 6.66. The van der Waals surface area contributed by atoms with Crippen LogP contribution in [0.15, 0.2) is 24.3 Å². The first kappa shape index (κ1) is 13.7. The second kappa shape index (κ2) is 6.43. The third-order valence-electron chi connectivity index (χ3n) is 3.11. The van der Waals surface area contributed by atoms with Gasteiger partial charge < -0.3 is 20.1 Å². The number of ether oxygens (including phenoxy) is 1. The summed E-state index contributed by atoms with van der Waals surface area (Å²) in [5.41, 5.74) is 0.661. The molecule has 1 saturated heterocycles. The van der Waals surface area contributed by atoms with Gasteiger partial charge in [-0.05, 0) is 31.9 Å². The minimum Gasteiger partial charge on any atom is -0.492 e. The highest BCUT2D eigenvalue weighted by atomic mass is 16.5. The summed E-state index contributed by atoms with van der Waals surface area (Å²) >= 11 is 0. The van der Waals surface area contributed by atoms with E-state index in [0.717, 1.165) is 12.8 Å². The van der Waals surface area contributed by atoms with Crippen molar-refractivity contribution in [3.8, 4) is 5.75 Å². The number of para-hydroxylation sites is 2. The number of benzene rings is 1. The number of carbonyl (C=O) groups excluding carboxylic acids is 1. The molecule has 1 atom stereocenters. The molecule has 0 aromatic heterocycles. The fourth-order valence-corrected chi connectivity index (χ4v) is 2.18. The first-order valence-electron chi connectivity index (χ1n) is 6.66.